The van der Waals surface area contributed by atoms with Gasteiger partial charge in [0.05, 0.1) is 11.3 Å². The number of para-hydroxylation sites is 1. The molecule has 3 rings (SSSR count). The van der Waals surface area contributed by atoms with Crippen LogP contribution in [0.25, 0.3) is 16.9 Å². The summed E-state index contributed by atoms with van der Waals surface area (Å²) in [4.78, 5) is 12.9. The Morgan fingerprint density at radius 3 is 2.18 bits per heavy atom. The number of hydrazone groups is 1. The summed E-state index contributed by atoms with van der Waals surface area (Å²) in [6, 6.07) is 19.5. The van der Waals surface area contributed by atoms with Gasteiger partial charge in [-0.05, 0) is 25.0 Å². The lowest BCUT2D eigenvalue weighted by Gasteiger charge is -2.05. The predicted octanol–water partition coefficient (Wildman–Crippen LogP) is 5.23. The first-order valence-electron chi connectivity index (χ1n) is 9.79. The molecule has 5 nitrogen and oxygen atoms in total. The van der Waals surface area contributed by atoms with Gasteiger partial charge in [0.2, 0.25) is 0 Å². The van der Waals surface area contributed by atoms with Crippen molar-refractivity contribution in [2.45, 2.75) is 39.5 Å². The van der Waals surface area contributed by atoms with Crippen molar-refractivity contribution < 1.29 is 4.79 Å². The highest BCUT2D eigenvalue weighted by molar-refractivity contribution is 6.00. The van der Waals surface area contributed by atoms with Crippen LogP contribution in [0, 0.1) is 0 Å². The lowest BCUT2D eigenvalue weighted by Crippen LogP contribution is -2.20. The van der Waals surface area contributed by atoms with E-state index < -0.39 is 0 Å². The smallest absolute Gasteiger partial charge is 0.267 e. The maximum absolute atomic E-state index is 12.9. The van der Waals surface area contributed by atoms with E-state index in [2.05, 4.69) is 29.5 Å². The van der Waals surface area contributed by atoms with Crippen molar-refractivity contribution in [3.8, 4) is 16.9 Å². The van der Waals surface area contributed by atoms with Crippen LogP contribution in [0.3, 0.4) is 0 Å². The van der Waals surface area contributed by atoms with E-state index in [-0.39, 0.29) is 5.91 Å². The molecule has 0 atom stereocenters. The average Bonchev–Trinajstić information content (AvgIpc) is 3.19. The molecule has 28 heavy (non-hydrogen) atoms. The predicted molar refractivity (Wildman–Crippen MR) is 114 cm³/mol. The molecule has 1 aromatic heterocycles. The molecule has 1 N–H and O–H groups in total. The Hall–Kier alpha value is -3.21. The van der Waals surface area contributed by atoms with Crippen molar-refractivity contribution in [1.29, 1.82) is 0 Å². The summed E-state index contributed by atoms with van der Waals surface area (Å²) in [5.41, 5.74) is 6.71. The second kappa shape index (κ2) is 9.65. The fraction of sp³-hybridized carbons (Fsp3) is 0.261. The topological polar surface area (TPSA) is 59.3 Å². The molecule has 144 valence electrons. The number of nitrogens with one attached hydrogen (secondary N) is 1. The van der Waals surface area contributed by atoms with Crippen molar-refractivity contribution >= 4 is 11.6 Å². The minimum atomic E-state index is -0.245. The third-order valence-electron chi connectivity index (χ3n) is 4.42. The fourth-order valence-corrected chi connectivity index (χ4v) is 3.07. The minimum absolute atomic E-state index is 0.245. The van der Waals surface area contributed by atoms with Gasteiger partial charge in [-0.3, -0.25) is 4.79 Å². The standard InChI is InChI=1S/C23H26N4O/c1-3-11-19(12-4-2)24-25-23(28)21-17-27(20-15-9-6-10-16-20)26-22(21)18-13-7-5-8-14-18/h5-10,13-17H,3-4,11-12H2,1-2H3,(H,25,28). The maximum Gasteiger partial charge on any atom is 0.275 e. The summed E-state index contributed by atoms with van der Waals surface area (Å²) < 4.78 is 1.74. The second-order valence-corrected chi connectivity index (χ2v) is 6.66. The average molecular weight is 374 g/mol. The first-order valence-corrected chi connectivity index (χ1v) is 9.79. The highest BCUT2D eigenvalue weighted by Gasteiger charge is 2.18. The van der Waals surface area contributed by atoms with Crippen LogP contribution in [0.5, 0.6) is 0 Å². The Bertz CT molecular complexity index is 922. The Morgan fingerprint density at radius 2 is 1.57 bits per heavy atom. The van der Waals surface area contributed by atoms with Gasteiger partial charge in [0.25, 0.3) is 5.91 Å². The van der Waals surface area contributed by atoms with Crippen LogP contribution in [0.15, 0.2) is 72.0 Å². The van der Waals surface area contributed by atoms with Crippen LogP contribution >= 0.6 is 0 Å². The number of amides is 1. The largest absolute Gasteiger partial charge is 0.275 e. The second-order valence-electron chi connectivity index (χ2n) is 6.66. The molecule has 3 aromatic rings. The van der Waals surface area contributed by atoms with Gasteiger partial charge in [-0.15, -0.1) is 0 Å². The Labute approximate surface area is 166 Å². The summed E-state index contributed by atoms with van der Waals surface area (Å²) in [7, 11) is 0. The number of carbonyl (C=O) groups excluding carboxylic acids is 1. The van der Waals surface area contributed by atoms with E-state index in [1.807, 2.05) is 60.7 Å². The van der Waals surface area contributed by atoms with E-state index in [1.54, 1.807) is 10.9 Å². The number of aromatic nitrogens is 2. The molecule has 0 saturated heterocycles. The van der Waals surface area contributed by atoms with E-state index in [4.69, 9.17) is 0 Å². The maximum atomic E-state index is 12.9. The molecule has 0 spiro atoms. The molecule has 1 heterocycles. The van der Waals surface area contributed by atoms with Gasteiger partial charge in [0.15, 0.2) is 0 Å². The van der Waals surface area contributed by atoms with Gasteiger partial charge < -0.3 is 0 Å². The summed E-state index contributed by atoms with van der Waals surface area (Å²) in [6.45, 7) is 4.23. The number of rotatable bonds is 8. The van der Waals surface area contributed by atoms with Crippen LogP contribution in [0.2, 0.25) is 0 Å². The van der Waals surface area contributed by atoms with E-state index in [0.717, 1.165) is 42.6 Å². The van der Waals surface area contributed by atoms with Crippen LogP contribution in [0.4, 0.5) is 0 Å². The monoisotopic (exact) mass is 374 g/mol. The Balaban J connectivity index is 1.95. The molecule has 0 aliphatic carbocycles. The molecule has 0 fully saturated rings. The molecule has 0 unspecified atom stereocenters. The summed E-state index contributed by atoms with van der Waals surface area (Å²) in [5, 5.41) is 9.06. The molecule has 0 bridgehead atoms. The van der Waals surface area contributed by atoms with E-state index >= 15 is 0 Å². The third kappa shape index (κ3) is 4.74. The van der Waals surface area contributed by atoms with Crippen molar-refractivity contribution in [2.24, 2.45) is 5.10 Å². The summed E-state index contributed by atoms with van der Waals surface area (Å²) in [6.07, 6.45) is 5.57. The van der Waals surface area contributed by atoms with Crippen molar-refractivity contribution in [1.82, 2.24) is 15.2 Å². The van der Waals surface area contributed by atoms with Crippen molar-refractivity contribution in [2.75, 3.05) is 0 Å². The molecule has 0 aliphatic rings. The van der Waals surface area contributed by atoms with E-state index in [1.165, 1.54) is 0 Å². The fourth-order valence-electron chi connectivity index (χ4n) is 3.07. The SMILES string of the molecule is CCCC(CCC)=NNC(=O)c1cn(-c2ccccc2)nc1-c1ccccc1. The van der Waals surface area contributed by atoms with Gasteiger partial charge >= 0.3 is 0 Å². The first kappa shape index (κ1) is 19.5. The number of carbonyl (C=O) groups is 1. The van der Waals surface area contributed by atoms with Crippen LogP contribution in [-0.4, -0.2) is 21.4 Å². The Morgan fingerprint density at radius 1 is 0.964 bits per heavy atom. The highest BCUT2D eigenvalue weighted by atomic mass is 16.2. The van der Waals surface area contributed by atoms with Crippen LogP contribution in [0.1, 0.15) is 49.9 Å². The van der Waals surface area contributed by atoms with Gasteiger partial charge in [-0.1, -0.05) is 75.2 Å². The zero-order valence-corrected chi connectivity index (χ0v) is 16.4. The number of hydrogen-bond donors (Lipinski definition) is 1. The molecule has 0 aliphatic heterocycles. The zero-order chi connectivity index (χ0) is 19.8. The van der Waals surface area contributed by atoms with Gasteiger partial charge in [-0.2, -0.15) is 10.2 Å². The molecule has 2 aromatic carbocycles. The van der Waals surface area contributed by atoms with E-state index in [9.17, 15) is 4.79 Å². The molecular formula is C23H26N4O. The lowest BCUT2D eigenvalue weighted by atomic mass is 10.1. The summed E-state index contributed by atoms with van der Waals surface area (Å²) >= 11 is 0. The molecule has 0 saturated carbocycles. The third-order valence-corrected chi connectivity index (χ3v) is 4.42. The lowest BCUT2D eigenvalue weighted by molar-refractivity contribution is 0.0955. The van der Waals surface area contributed by atoms with Crippen LogP contribution < -0.4 is 5.43 Å². The quantitative estimate of drug-likeness (QED) is 0.434. The first-order chi connectivity index (χ1) is 13.7. The summed E-state index contributed by atoms with van der Waals surface area (Å²) in [5.74, 6) is -0.245. The number of hydrogen-bond acceptors (Lipinski definition) is 3. The van der Waals surface area contributed by atoms with Crippen molar-refractivity contribution in [3.63, 3.8) is 0 Å². The minimum Gasteiger partial charge on any atom is -0.267 e. The Kier molecular flexibility index (Phi) is 6.73. The van der Waals surface area contributed by atoms with Crippen LogP contribution in [-0.2, 0) is 0 Å². The van der Waals surface area contributed by atoms with Gasteiger partial charge in [0, 0.05) is 17.5 Å². The molecule has 5 heteroatoms. The normalized spacial score (nSPS) is 10.5. The van der Waals surface area contributed by atoms with Gasteiger partial charge in [-0.25, -0.2) is 10.1 Å². The number of nitrogens with zero attached hydrogens (tertiary/aromatic N) is 3. The van der Waals surface area contributed by atoms with Crippen molar-refractivity contribution in [3.05, 3.63) is 72.4 Å². The molecule has 1 amide bonds. The highest BCUT2D eigenvalue weighted by Crippen LogP contribution is 2.23. The van der Waals surface area contributed by atoms with E-state index in [0.29, 0.717) is 11.3 Å². The number of benzene rings is 2. The molecular weight excluding hydrogens is 348 g/mol. The molecule has 0 radical (unpaired) electrons. The zero-order valence-electron chi connectivity index (χ0n) is 16.4. The van der Waals surface area contributed by atoms with Gasteiger partial charge in [0.1, 0.15) is 5.69 Å².